The standard InChI is InChI=1S/C21H25BrN6/c1-26-6-8-27(9-7-26)19-10-16(15-2-3-15)13-28-14-18(25-21(19)28)12-24-17-4-5-23-20(22)11-17/h4-5,10-11,13-15H,2-3,6-9,12H2,1H3,(H,23,24). The highest BCUT2D eigenvalue weighted by Crippen LogP contribution is 2.42. The number of anilines is 2. The van der Waals surface area contributed by atoms with Crippen molar-refractivity contribution in [2.24, 2.45) is 0 Å². The van der Waals surface area contributed by atoms with Gasteiger partial charge in [-0.3, -0.25) is 0 Å². The normalized spacial score (nSPS) is 18.0. The van der Waals surface area contributed by atoms with Gasteiger partial charge in [0.05, 0.1) is 17.9 Å². The molecule has 28 heavy (non-hydrogen) atoms. The van der Waals surface area contributed by atoms with Crippen LogP contribution in [0.2, 0.25) is 0 Å². The van der Waals surface area contributed by atoms with E-state index in [-0.39, 0.29) is 0 Å². The second-order valence-corrected chi connectivity index (χ2v) is 8.72. The Kier molecular flexibility index (Phi) is 4.72. The number of piperazine rings is 1. The lowest BCUT2D eigenvalue weighted by Crippen LogP contribution is -2.44. The number of imidazole rings is 1. The van der Waals surface area contributed by atoms with Crippen molar-refractivity contribution >= 4 is 33.0 Å². The Bertz CT molecular complexity index is 988. The first-order chi connectivity index (χ1) is 13.7. The van der Waals surface area contributed by atoms with Gasteiger partial charge in [-0.05, 0) is 65.5 Å². The molecule has 0 atom stereocenters. The maximum atomic E-state index is 4.98. The molecule has 6 nitrogen and oxygen atoms in total. The lowest BCUT2D eigenvalue weighted by molar-refractivity contribution is 0.313. The summed E-state index contributed by atoms with van der Waals surface area (Å²) in [7, 11) is 2.20. The molecule has 0 spiro atoms. The lowest BCUT2D eigenvalue weighted by Gasteiger charge is -2.34. The number of hydrogen-bond acceptors (Lipinski definition) is 5. The molecule has 2 fully saturated rings. The van der Waals surface area contributed by atoms with Crippen molar-refractivity contribution in [2.75, 3.05) is 43.4 Å². The van der Waals surface area contributed by atoms with Crippen molar-refractivity contribution in [3.63, 3.8) is 0 Å². The maximum Gasteiger partial charge on any atom is 0.160 e. The van der Waals surface area contributed by atoms with E-state index < -0.39 is 0 Å². The summed E-state index contributed by atoms with van der Waals surface area (Å²) in [6.45, 7) is 5.02. The third-order valence-corrected chi connectivity index (χ3v) is 6.13. The predicted molar refractivity (Wildman–Crippen MR) is 116 cm³/mol. The molecule has 0 amide bonds. The van der Waals surface area contributed by atoms with Gasteiger partial charge in [0.25, 0.3) is 0 Å². The summed E-state index contributed by atoms with van der Waals surface area (Å²) in [6, 6.07) is 6.35. The van der Waals surface area contributed by atoms with Gasteiger partial charge < -0.3 is 19.5 Å². The van der Waals surface area contributed by atoms with Crippen LogP contribution in [0.5, 0.6) is 0 Å². The van der Waals surface area contributed by atoms with Crippen LogP contribution in [-0.4, -0.2) is 52.5 Å². The van der Waals surface area contributed by atoms with Gasteiger partial charge >= 0.3 is 0 Å². The number of aromatic nitrogens is 3. The van der Waals surface area contributed by atoms with Crippen LogP contribution in [0, 0.1) is 0 Å². The Morgan fingerprint density at radius 2 is 1.96 bits per heavy atom. The second-order valence-electron chi connectivity index (χ2n) is 7.91. The first-order valence-electron chi connectivity index (χ1n) is 9.96. The number of nitrogens with one attached hydrogen (secondary N) is 1. The maximum absolute atomic E-state index is 4.98. The number of fused-ring (bicyclic) bond motifs is 1. The molecule has 3 aromatic rings. The van der Waals surface area contributed by atoms with Gasteiger partial charge in [-0.2, -0.15) is 0 Å². The average molecular weight is 441 g/mol. The van der Waals surface area contributed by atoms with E-state index in [1.54, 1.807) is 6.20 Å². The van der Waals surface area contributed by atoms with E-state index in [0.717, 1.165) is 53.7 Å². The van der Waals surface area contributed by atoms with Crippen molar-refractivity contribution in [1.82, 2.24) is 19.3 Å². The van der Waals surface area contributed by atoms with E-state index in [1.807, 2.05) is 12.1 Å². The van der Waals surface area contributed by atoms with Crippen molar-refractivity contribution in [1.29, 1.82) is 0 Å². The molecule has 1 aliphatic heterocycles. The topological polar surface area (TPSA) is 48.7 Å². The molecular formula is C21H25BrN6. The van der Waals surface area contributed by atoms with Gasteiger partial charge in [0.2, 0.25) is 0 Å². The summed E-state index contributed by atoms with van der Waals surface area (Å²) >= 11 is 3.42. The largest absolute Gasteiger partial charge is 0.379 e. The highest BCUT2D eigenvalue weighted by molar-refractivity contribution is 9.10. The third-order valence-electron chi connectivity index (χ3n) is 5.70. The number of rotatable bonds is 5. The lowest BCUT2D eigenvalue weighted by atomic mass is 10.1. The van der Waals surface area contributed by atoms with Crippen LogP contribution in [0.4, 0.5) is 11.4 Å². The van der Waals surface area contributed by atoms with Crippen LogP contribution in [-0.2, 0) is 6.54 Å². The van der Waals surface area contributed by atoms with Crippen molar-refractivity contribution in [2.45, 2.75) is 25.3 Å². The molecule has 4 heterocycles. The SMILES string of the molecule is CN1CCN(c2cc(C3CC3)cn3cc(CNc4ccnc(Br)c4)nc23)CC1. The minimum absolute atomic E-state index is 0.694. The van der Waals surface area contributed by atoms with Crippen LogP contribution in [0.25, 0.3) is 5.65 Å². The Morgan fingerprint density at radius 3 is 2.71 bits per heavy atom. The van der Waals surface area contributed by atoms with E-state index in [2.05, 4.69) is 65.9 Å². The predicted octanol–water partition coefficient (Wildman–Crippen LogP) is 3.73. The van der Waals surface area contributed by atoms with Crippen LogP contribution in [0.3, 0.4) is 0 Å². The molecule has 1 aliphatic carbocycles. The number of halogens is 1. The Hall–Kier alpha value is -2.12. The minimum Gasteiger partial charge on any atom is -0.379 e. The van der Waals surface area contributed by atoms with Crippen molar-refractivity contribution in [3.8, 4) is 0 Å². The van der Waals surface area contributed by atoms with Crippen molar-refractivity contribution < 1.29 is 0 Å². The monoisotopic (exact) mass is 440 g/mol. The summed E-state index contributed by atoms with van der Waals surface area (Å²) in [5.74, 6) is 0.730. The number of hydrogen-bond donors (Lipinski definition) is 1. The number of nitrogens with zero attached hydrogens (tertiary/aromatic N) is 5. The average Bonchev–Trinajstić information content (AvgIpc) is 3.46. The smallest absolute Gasteiger partial charge is 0.160 e. The van der Waals surface area contributed by atoms with Crippen LogP contribution in [0.1, 0.15) is 30.0 Å². The van der Waals surface area contributed by atoms with Gasteiger partial charge in [0.15, 0.2) is 5.65 Å². The van der Waals surface area contributed by atoms with E-state index in [1.165, 1.54) is 24.1 Å². The highest BCUT2D eigenvalue weighted by Gasteiger charge is 2.27. The molecule has 1 N–H and O–H groups in total. The quantitative estimate of drug-likeness (QED) is 0.612. The zero-order chi connectivity index (χ0) is 19.1. The molecule has 7 heteroatoms. The first kappa shape index (κ1) is 17.9. The minimum atomic E-state index is 0.694. The van der Waals surface area contributed by atoms with Crippen LogP contribution >= 0.6 is 15.9 Å². The second kappa shape index (κ2) is 7.37. The van der Waals surface area contributed by atoms with E-state index >= 15 is 0 Å². The fraction of sp³-hybridized carbons (Fsp3) is 0.429. The van der Waals surface area contributed by atoms with E-state index in [0.29, 0.717) is 6.54 Å². The molecule has 2 aliphatic rings. The van der Waals surface area contributed by atoms with Gasteiger partial charge in [-0.15, -0.1) is 0 Å². The van der Waals surface area contributed by atoms with Crippen molar-refractivity contribution in [3.05, 3.63) is 52.7 Å². The summed E-state index contributed by atoms with van der Waals surface area (Å²) in [5.41, 5.74) is 5.90. The fourth-order valence-corrected chi connectivity index (χ4v) is 4.23. The zero-order valence-corrected chi connectivity index (χ0v) is 17.7. The van der Waals surface area contributed by atoms with Gasteiger partial charge in [0.1, 0.15) is 4.60 Å². The van der Waals surface area contributed by atoms with Crippen LogP contribution in [0.15, 0.2) is 41.4 Å². The molecule has 0 radical (unpaired) electrons. The molecule has 3 aromatic heterocycles. The number of pyridine rings is 2. The fourth-order valence-electron chi connectivity index (χ4n) is 3.86. The zero-order valence-electron chi connectivity index (χ0n) is 16.1. The molecule has 1 saturated carbocycles. The summed E-state index contributed by atoms with van der Waals surface area (Å²) in [6.07, 6.45) is 8.88. The third kappa shape index (κ3) is 3.73. The summed E-state index contributed by atoms with van der Waals surface area (Å²) in [4.78, 5) is 14.1. The van der Waals surface area contributed by atoms with Gasteiger partial charge in [0, 0.05) is 50.5 Å². The Morgan fingerprint density at radius 1 is 1.14 bits per heavy atom. The van der Waals surface area contributed by atoms with Gasteiger partial charge in [-0.25, -0.2) is 9.97 Å². The Labute approximate surface area is 173 Å². The Balaban J connectivity index is 1.44. The van der Waals surface area contributed by atoms with Gasteiger partial charge in [-0.1, -0.05) is 0 Å². The van der Waals surface area contributed by atoms with Crippen LogP contribution < -0.4 is 10.2 Å². The van der Waals surface area contributed by atoms with E-state index in [9.17, 15) is 0 Å². The highest BCUT2D eigenvalue weighted by atomic mass is 79.9. The molecule has 0 unspecified atom stereocenters. The number of likely N-dealkylation sites (N-methyl/N-ethyl adjacent to an activating group) is 1. The molecular weight excluding hydrogens is 416 g/mol. The molecule has 1 saturated heterocycles. The molecule has 0 aromatic carbocycles. The summed E-state index contributed by atoms with van der Waals surface area (Å²) < 4.78 is 3.07. The molecule has 0 bridgehead atoms. The first-order valence-corrected chi connectivity index (χ1v) is 10.8. The summed E-state index contributed by atoms with van der Waals surface area (Å²) in [5, 5.41) is 3.45. The molecule has 5 rings (SSSR count). The van der Waals surface area contributed by atoms with E-state index in [4.69, 9.17) is 4.98 Å². The molecule has 146 valence electrons.